The van der Waals surface area contributed by atoms with Crippen molar-refractivity contribution in [2.75, 3.05) is 14.2 Å². The first-order chi connectivity index (χ1) is 12.9. The molecule has 0 aliphatic carbocycles. The fourth-order valence-electron chi connectivity index (χ4n) is 2.38. The quantitative estimate of drug-likeness (QED) is 0.335. The van der Waals surface area contributed by atoms with Gasteiger partial charge in [0.2, 0.25) is 5.90 Å². The number of hydrogen-bond acceptors (Lipinski definition) is 7. The Morgan fingerprint density at radius 3 is 2.41 bits per heavy atom. The Kier molecular flexibility index (Phi) is 5.09. The molecule has 0 aromatic heterocycles. The lowest BCUT2D eigenvalue weighted by Gasteiger charge is -2.07. The predicted octanol–water partition coefficient (Wildman–Crippen LogP) is 3.61. The Bertz CT molecular complexity index is 977. The van der Waals surface area contributed by atoms with Crippen molar-refractivity contribution in [3.63, 3.8) is 0 Å². The van der Waals surface area contributed by atoms with Crippen LogP contribution in [0.1, 0.15) is 11.1 Å². The molecule has 0 amide bonds. The normalized spacial score (nSPS) is 14.7. The van der Waals surface area contributed by atoms with E-state index in [0.29, 0.717) is 22.6 Å². The van der Waals surface area contributed by atoms with Crippen LogP contribution < -0.4 is 9.47 Å². The minimum absolute atomic E-state index is 0.00315. The van der Waals surface area contributed by atoms with Crippen molar-refractivity contribution in [3.05, 3.63) is 68.4 Å². The molecule has 0 radical (unpaired) electrons. The summed E-state index contributed by atoms with van der Waals surface area (Å²) in [5, 5.41) is 11.0. The molecule has 1 aliphatic rings. The number of nitro benzene ring substituents is 1. The number of benzene rings is 2. The van der Waals surface area contributed by atoms with E-state index in [0.717, 1.165) is 0 Å². The molecule has 0 N–H and O–H groups in total. The van der Waals surface area contributed by atoms with Gasteiger partial charge in [-0.3, -0.25) is 10.1 Å². The average Bonchev–Trinajstić information content (AvgIpc) is 3.03. The third kappa shape index (κ3) is 3.90. The maximum atomic E-state index is 12.1. The van der Waals surface area contributed by atoms with Gasteiger partial charge >= 0.3 is 5.97 Å². The standard InChI is InChI=1S/C18H13ClN2O6/c1-25-12-7-11(8-13(9-12)26-2)17-20-15(18(22)27-17)5-10-3-4-14(19)16(6-10)21(23)24/h3-9H,1-2H3/b15-5-. The molecule has 2 aromatic rings. The van der Waals surface area contributed by atoms with E-state index in [1.165, 1.54) is 38.5 Å². The summed E-state index contributed by atoms with van der Waals surface area (Å²) in [6.07, 6.45) is 1.38. The van der Waals surface area contributed by atoms with Crippen LogP contribution in [0.25, 0.3) is 6.08 Å². The Labute approximate surface area is 158 Å². The van der Waals surface area contributed by atoms with Crippen LogP contribution in [0.4, 0.5) is 5.69 Å². The van der Waals surface area contributed by atoms with E-state index < -0.39 is 10.9 Å². The number of carbonyl (C=O) groups excluding carboxylic acids is 1. The SMILES string of the molecule is COc1cc(OC)cc(C2=N/C(=C\c3ccc(Cl)c([N+](=O)[O-])c3)C(=O)O2)c1. The molecule has 0 spiro atoms. The first-order valence-corrected chi connectivity index (χ1v) is 7.99. The first-order valence-electron chi connectivity index (χ1n) is 7.61. The van der Waals surface area contributed by atoms with Crippen molar-refractivity contribution in [2.24, 2.45) is 4.99 Å². The molecule has 27 heavy (non-hydrogen) atoms. The fraction of sp³-hybridized carbons (Fsp3) is 0.111. The van der Waals surface area contributed by atoms with E-state index in [4.69, 9.17) is 25.8 Å². The van der Waals surface area contributed by atoms with Gasteiger partial charge in [-0.1, -0.05) is 17.7 Å². The molecule has 9 heteroatoms. The number of ether oxygens (including phenoxy) is 3. The highest BCUT2D eigenvalue weighted by molar-refractivity contribution is 6.32. The van der Waals surface area contributed by atoms with Gasteiger partial charge in [-0.2, -0.15) is 0 Å². The van der Waals surface area contributed by atoms with Gasteiger partial charge in [0.25, 0.3) is 5.69 Å². The van der Waals surface area contributed by atoms with Gasteiger partial charge < -0.3 is 14.2 Å². The van der Waals surface area contributed by atoms with Crippen LogP contribution >= 0.6 is 11.6 Å². The van der Waals surface area contributed by atoms with Gasteiger partial charge in [0, 0.05) is 17.7 Å². The molecular weight excluding hydrogens is 376 g/mol. The van der Waals surface area contributed by atoms with Gasteiger partial charge in [0.15, 0.2) is 5.70 Å². The Hall–Kier alpha value is -3.39. The number of methoxy groups -OCH3 is 2. The highest BCUT2D eigenvalue weighted by Gasteiger charge is 2.25. The molecule has 0 fully saturated rings. The number of nitro groups is 1. The molecule has 8 nitrogen and oxygen atoms in total. The summed E-state index contributed by atoms with van der Waals surface area (Å²) >= 11 is 5.79. The zero-order chi connectivity index (χ0) is 19.6. The van der Waals surface area contributed by atoms with Crippen molar-refractivity contribution in [3.8, 4) is 11.5 Å². The van der Waals surface area contributed by atoms with E-state index in [9.17, 15) is 14.9 Å². The molecule has 0 saturated carbocycles. The largest absolute Gasteiger partial charge is 0.497 e. The van der Waals surface area contributed by atoms with E-state index in [-0.39, 0.29) is 22.3 Å². The Morgan fingerprint density at radius 1 is 1.15 bits per heavy atom. The molecule has 0 atom stereocenters. The zero-order valence-electron chi connectivity index (χ0n) is 14.3. The Balaban J connectivity index is 1.98. The summed E-state index contributed by atoms with van der Waals surface area (Å²) in [6, 6.07) is 9.13. The summed E-state index contributed by atoms with van der Waals surface area (Å²) in [7, 11) is 3.00. The average molecular weight is 389 g/mol. The maximum absolute atomic E-state index is 12.1. The van der Waals surface area contributed by atoms with Crippen LogP contribution in [0.5, 0.6) is 11.5 Å². The molecule has 0 bridgehead atoms. The van der Waals surface area contributed by atoms with Crippen molar-refractivity contribution < 1.29 is 23.9 Å². The second-order valence-electron chi connectivity index (χ2n) is 5.41. The molecule has 2 aromatic carbocycles. The van der Waals surface area contributed by atoms with E-state index in [1.54, 1.807) is 18.2 Å². The van der Waals surface area contributed by atoms with E-state index in [2.05, 4.69) is 4.99 Å². The number of cyclic esters (lactones) is 1. The molecule has 1 aliphatic heterocycles. The van der Waals surface area contributed by atoms with Crippen LogP contribution in [0.3, 0.4) is 0 Å². The summed E-state index contributed by atoms with van der Waals surface area (Å²) in [5.41, 5.74) is 0.624. The van der Waals surface area contributed by atoms with Crippen LogP contribution in [0.2, 0.25) is 5.02 Å². The van der Waals surface area contributed by atoms with Crippen LogP contribution in [-0.2, 0) is 9.53 Å². The molecule has 0 unspecified atom stereocenters. The van der Waals surface area contributed by atoms with Gasteiger partial charge in [-0.15, -0.1) is 0 Å². The van der Waals surface area contributed by atoms with Crippen LogP contribution in [0.15, 0.2) is 47.1 Å². The number of aliphatic imine (C=N–C) groups is 1. The van der Waals surface area contributed by atoms with Crippen molar-refractivity contribution in [1.82, 2.24) is 0 Å². The van der Waals surface area contributed by atoms with Crippen LogP contribution in [-0.4, -0.2) is 31.0 Å². The Morgan fingerprint density at radius 2 is 1.81 bits per heavy atom. The third-order valence-electron chi connectivity index (χ3n) is 3.69. The highest BCUT2D eigenvalue weighted by atomic mass is 35.5. The lowest BCUT2D eigenvalue weighted by atomic mass is 10.1. The minimum Gasteiger partial charge on any atom is -0.497 e. The summed E-state index contributed by atoms with van der Waals surface area (Å²) in [6.45, 7) is 0. The van der Waals surface area contributed by atoms with Gasteiger partial charge in [0.1, 0.15) is 16.5 Å². The predicted molar refractivity (Wildman–Crippen MR) is 98.3 cm³/mol. The van der Waals surface area contributed by atoms with Gasteiger partial charge in [0.05, 0.1) is 19.1 Å². The maximum Gasteiger partial charge on any atom is 0.363 e. The summed E-state index contributed by atoms with van der Waals surface area (Å²) in [4.78, 5) is 26.7. The second-order valence-corrected chi connectivity index (χ2v) is 5.81. The lowest BCUT2D eigenvalue weighted by molar-refractivity contribution is -0.384. The third-order valence-corrected chi connectivity index (χ3v) is 4.01. The molecular formula is C18H13ClN2O6. The van der Waals surface area contributed by atoms with Gasteiger partial charge in [-0.05, 0) is 29.8 Å². The number of hydrogen-bond donors (Lipinski definition) is 0. The molecule has 1 heterocycles. The number of halogens is 1. The van der Waals surface area contributed by atoms with E-state index in [1.807, 2.05) is 0 Å². The smallest absolute Gasteiger partial charge is 0.363 e. The fourth-order valence-corrected chi connectivity index (χ4v) is 2.57. The number of rotatable bonds is 5. The van der Waals surface area contributed by atoms with Crippen molar-refractivity contribution >= 4 is 35.2 Å². The second kappa shape index (κ2) is 7.46. The molecule has 138 valence electrons. The van der Waals surface area contributed by atoms with Gasteiger partial charge in [-0.25, -0.2) is 9.79 Å². The minimum atomic E-state index is -0.676. The summed E-state index contributed by atoms with van der Waals surface area (Å²) < 4.78 is 15.6. The van der Waals surface area contributed by atoms with Crippen molar-refractivity contribution in [1.29, 1.82) is 0 Å². The lowest BCUT2D eigenvalue weighted by Crippen LogP contribution is -2.06. The zero-order valence-corrected chi connectivity index (χ0v) is 15.0. The monoisotopic (exact) mass is 388 g/mol. The first kappa shape index (κ1) is 18.4. The molecule has 3 rings (SSSR count). The van der Waals surface area contributed by atoms with Crippen LogP contribution in [0, 0.1) is 10.1 Å². The number of esters is 1. The van der Waals surface area contributed by atoms with Crippen molar-refractivity contribution in [2.45, 2.75) is 0 Å². The number of carbonyl (C=O) groups is 1. The summed E-state index contributed by atoms with van der Waals surface area (Å²) in [5.74, 6) is 0.416. The highest BCUT2D eigenvalue weighted by Crippen LogP contribution is 2.29. The molecule has 0 saturated heterocycles. The number of nitrogens with zero attached hydrogens (tertiary/aromatic N) is 2. The van der Waals surface area contributed by atoms with E-state index >= 15 is 0 Å². The topological polar surface area (TPSA) is 100 Å².